The lowest BCUT2D eigenvalue weighted by atomic mass is 9.85. The second kappa shape index (κ2) is 9.77. The minimum absolute atomic E-state index is 0.204. The number of imide groups is 1. The fraction of sp³-hybridized carbons (Fsp3) is 0.444. The first-order valence-electron chi connectivity index (χ1n) is 12.1. The van der Waals surface area contributed by atoms with E-state index in [4.69, 9.17) is 0 Å². The van der Waals surface area contributed by atoms with Crippen LogP contribution in [0.1, 0.15) is 74.2 Å². The zero-order chi connectivity index (χ0) is 23.4. The minimum atomic E-state index is -1.11. The summed E-state index contributed by atoms with van der Waals surface area (Å²) in [6.07, 6.45) is 6.81. The van der Waals surface area contributed by atoms with E-state index >= 15 is 0 Å². The highest BCUT2D eigenvalue weighted by atomic mass is 16.2. The van der Waals surface area contributed by atoms with Gasteiger partial charge in [-0.15, -0.1) is 0 Å². The van der Waals surface area contributed by atoms with Gasteiger partial charge in [-0.25, -0.2) is 4.79 Å². The third kappa shape index (κ3) is 4.65. The van der Waals surface area contributed by atoms with Gasteiger partial charge in [0, 0.05) is 0 Å². The molecule has 1 saturated heterocycles. The van der Waals surface area contributed by atoms with Gasteiger partial charge in [-0.2, -0.15) is 0 Å². The van der Waals surface area contributed by atoms with E-state index in [0.717, 1.165) is 41.7 Å². The van der Waals surface area contributed by atoms with Crippen molar-refractivity contribution in [1.29, 1.82) is 0 Å². The Labute approximate surface area is 195 Å². The van der Waals surface area contributed by atoms with Crippen LogP contribution in [-0.2, 0) is 28.0 Å². The van der Waals surface area contributed by atoms with Gasteiger partial charge < -0.3 is 10.6 Å². The SMILES string of the molecule is CCCCC1(c2ccccc2)NC(=O)N(CC(=O)NC(C)c2ccc3c(c2)CCCC3)C1=O. The molecule has 0 aromatic heterocycles. The molecule has 2 aromatic carbocycles. The Morgan fingerprint density at radius 1 is 1.09 bits per heavy atom. The van der Waals surface area contributed by atoms with Gasteiger partial charge in [0.2, 0.25) is 5.91 Å². The summed E-state index contributed by atoms with van der Waals surface area (Å²) in [5, 5.41) is 5.87. The quantitative estimate of drug-likeness (QED) is 0.590. The lowest BCUT2D eigenvalue weighted by Crippen LogP contribution is -2.45. The summed E-state index contributed by atoms with van der Waals surface area (Å²) in [4.78, 5) is 40.2. The van der Waals surface area contributed by atoms with Crippen molar-refractivity contribution < 1.29 is 14.4 Å². The molecule has 0 spiro atoms. The number of amides is 4. The first-order chi connectivity index (χ1) is 15.9. The van der Waals surface area contributed by atoms with Crippen molar-refractivity contribution in [3.05, 3.63) is 70.8 Å². The van der Waals surface area contributed by atoms with E-state index in [0.29, 0.717) is 6.42 Å². The van der Waals surface area contributed by atoms with Crippen LogP contribution < -0.4 is 10.6 Å². The maximum absolute atomic E-state index is 13.5. The van der Waals surface area contributed by atoms with E-state index in [1.165, 1.54) is 24.0 Å². The van der Waals surface area contributed by atoms with Crippen LogP contribution in [0.5, 0.6) is 0 Å². The monoisotopic (exact) mass is 447 g/mol. The zero-order valence-electron chi connectivity index (χ0n) is 19.5. The maximum atomic E-state index is 13.5. The normalized spacial score (nSPS) is 20.8. The highest BCUT2D eigenvalue weighted by molar-refractivity contribution is 6.09. The van der Waals surface area contributed by atoms with Crippen LogP contribution in [0, 0.1) is 0 Å². The van der Waals surface area contributed by atoms with E-state index in [-0.39, 0.29) is 24.4 Å². The van der Waals surface area contributed by atoms with Gasteiger partial charge in [0.05, 0.1) is 6.04 Å². The van der Waals surface area contributed by atoms with Crippen molar-refractivity contribution in [1.82, 2.24) is 15.5 Å². The molecule has 174 valence electrons. The van der Waals surface area contributed by atoms with Crippen molar-refractivity contribution in [2.45, 2.75) is 70.4 Å². The second-order valence-corrected chi connectivity index (χ2v) is 9.22. The van der Waals surface area contributed by atoms with Crippen molar-refractivity contribution in [2.24, 2.45) is 0 Å². The molecule has 1 aliphatic carbocycles. The number of urea groups is 1. The van der Waals surface area contributed by atoms with Gasteiger partial charge in [-0.1, -0.05) is 68.3 Å². The predicted octanol–water partition coefficient (Wildman–Crippen LogP) is 4.38. The van der Waals surface area contributed by atoms with Crippen molar-refractivity contribution in [3.8, 4) is 0 Å². The molecule has 2 atom stereocenters. The molecule has 0 saturated carbocycles. The summed E-state index contributed by atoms with van der Waals surface area (Å²) in [5.41, 5.74) is 3.44. The molecule has 0 radical (unpaired) electrons. The smallest absolute Gasteiger partial charge is 0.325 e. The van der Waals surface area contributed by atoms with E-state index in [1.54, 1.807) is 0 Å². The Balaban J connectivity index is 1.46. The number of benzene rings is 2. The standard InChI is InChI=1S/C27H33N3O3/c1-3-4-16-27(23-12-6-5-7-13-23)25(32)30(26(33)29-27)18-24(31)28-19(2)21-15-14-20-10-8-9-11-22(20)17-21/h5-7,12-15,17,19H,3-4,8-11,16,18H2,1-2H3,(H,28,31)(H,29,33). The molecule has 33 heavy (non-hydrogen) atoms. The number of carbonyl (C=O) groups is 3. The number of carbonyl (C=O) groups excluding carboxylic acids is 3. The molecule has 1 heterocycles. The highest BCUT2D eigenvalue weighted by Gasteiger charge is 2.52. The van der Waals surface area contributed by atoms with Crippen LogP contribution in [0.4, 0.5) is 4.79 Å². The molecule has 0 bridgehead atoms. The average molecular weight is 448 g/mol. The molecule has 6 nitrogen and oxygen atoms in total. The van der Waals surface area contributed by atoms with Crippen LogP contribution in [0.2, 0.25) is 0 Å². The van der Waals surface area contributed by atoms with Crippen LogP contribution in [-0.4, -0.2) is 29.3 Å². The molecule has 6 heteroatoms. The number of fused-ring (bicyclic) bond motifs is 1. The molecule has 4 rings (SSSR count). The molecule has 1 fully saturated rings. The van der Waals surface area contributed by atoms with Crippen LogP contribution >= 0.6 is 0 Å². The average Bonchev–Trinajstić information content (AvgIpc) is 3.08. The summed E-state index contributed by atoms with van der Waals surface area (Å²) < 4.78 is 0. The predicted molar refractivity (Wildman–Crippen MR) is 128 cm³/mol. The Kier molecular flexibility index (Phi) is 6.82. The number of nitrogens with one attached hydrogen (secondary N) is 2. The fourth-order valence-electron chi connectivity index (χ4n) is 4.98. The van der Waals surface area contributed by atoms with Crippen molar-refractivity contribution in [2.75, 3.05) is 6.54 Å². The molecular formula is C27H33N3O3. The van der Waals surface area contributed by atoms with Gasteiger partial charge in [-0.3, -0.25) is 14.5 Å². The Bertz CT molecular complexity index is 1040. The summed E-state index contributed by atoms with van der Waals surface area (Å²) in [6, 6.07) is 15.0. The lowest BCUT2D eigenvalue weighted by Gasteiger charge is -2.27. The van der Waals surface area contributed by atoms with E-state index in [1.807, 2.05) is 44.2 Å². The molecule has 2 aliphatic rings. The molecule has 2 N–H and O–H groups in total. The van der Waals surface area contributed by atoms with E-state index < -0.39 is 11.6 Å². The summed E-state index contributed by atoms with van der Waals surface area (Å²) in [6.45, 7) is 3.69. The molecule has 4 amide bonds. The molecule has 2 unspecified atom stereocenters. The van der Waals surface area contributed by atoms with Gasteiger partial charge in [0.1, 0.15) is 12.1 Å². The third-order valence-electron chi connectivity index (χ3n) is 6.90. The Morgan fingerprint density at radius 3 is 2.55 bits per heavy atom. The lowest BCUT2D eigenvalue weighted by molar-refractivity contribution is -0.135. The Hall–Kier alpha value is -3.15. The number of rotatable bonds is 8. The summed E-state index contributed by atoms with van der Waals surface area (Å²) >= 11 is 0. The second-order valence-electron chi connectivity index (χ2n) is 9.22. The maximum Gasteiger partial charge on any atom is 0.325 e. The first-order valence-corrected chi connectivity index (χ1v) is 12.1. The Morgan fingerprint density at radius 2 is 1.82 bits per heavy atom. The van der Waals surface area contributed by atoms with E-state index in [9.17, 15) is 14.4 Å². The van der Waals surface area contributed by atoms with Gasteiger partial charge in [0.15, 0.2) is 0 Å². The van der Waals surface area contributed by atoms with Gasteiger partial charge in [-0.05, 0) is 61.3 Å². The molecule has 1 aliphatic heterocycles. The number of aryl methyl sites for hydroxylation is 2. The van der Waals surface area contributed by atoms with E-state index in [2.05, 4.69) is 28.8 Å². The number of hydrogen-bond acceptors (Lipinski definition) is 3. The zero-order valence-corrected chi connectivity index (χ0v) is 19.5. The number of nitrogens with zero attached hydrogens (tertiary/aromatic N) is 1. The minimum Gasteiger partial charge on any atom is -0.348 e. The first kappa shape index (κ1) is 23.0. The summed E-state index contributed by atoms with van der Waals surface area (Å²) in [7, 11) is 0. The van der Waals surface area contributed by atoms with Gasteiger partial charge >= 0.3 is 6.03 Å². The summed E-state index contributed by atoms with van der Waals surface area (Å²) in [5.74, 6) is -0.702. The van der Waals surface area contributed by atoms with Crippen LogP contribution in [0.25, 0.3) is 0 Å². The van der Waals surface area contributed by atoms with Crippen LogP contribution in [0.15, 0.2) is 48.5 Å². The van der Waals surface area contributed by atoms with Crippen LogP contribution in [0.3, 0.4) is 0 Å². The van der Waals surface area contributed by atoms with Crippen molar-refractivity contribution >= 4 is 17.8 Å². The van der Waals surface area contributed by atoms with Gasteiger partial charge in [0.25, 0.3) is 5.91 Å². The van der Waals surface area contributed by atoms with Crippen molar-refractivity contribution in [3.63, 3.8) is 0 Å². The highest BCUT2D eigenvalue weighted by Crippen LogP contribution is 2.34. The fourth-order valence-corrected chi connectivity index (χ4v) is 4.98. The largest absolute Gasteiger partial charge is 0.348 e. The molecular weight excluding hydrogens is 414 g/mol. The topological polar surface area (TPSA) is 78.5 Å². The molecule has 2 aromatic rings. The number of hydrogen-bond donors (Lipinski definition) is 2. The number of unbranched alkanes of at least 4 members (excludes halogenated alkanes) is 1. The third-order valence-corrected chi connectivity index (χ3v) is 6.90.